The number of pyridine rings is 1. The number of nitrogens with one attached hydrogen (secondary N) is 1. The fraction of sp³-hybridized carbons (Fsp3) is 0.562. The Bertz CT molecular complexity index is 590. The Hall–Kier alpha value is -2.11. The molecular weight excluding hydrogens is 284 g/mol. The second-order valence-electron chi connectivity index (χ2n) is 5.93. The van der Waals surface area contributed by atoms with Crippen LogP contribution in [0.2, 0.25) is 0 Å². The lowest BCUT2D eigenvalue weighted by molar-refractivity contribution is -0.137. The van der Waals surface area contributed by atoms with Crippen molar-refractivity contribution in [3.63, 3.8) is 0 Å². The molecule has 0 saturated carbocycles. The fourth-order valence-electron chi connectivity index (χ4n) is 2.14. The van der Waals surface area contributed by atoms with Crippen molar-refractivity contribution in [2.24, 2.45) is 0 Å². The maximum Gasteiger partial charge on any atom is 0.303 e. The van der Waals surface area contributed by atoms with Crippen molar-refractivity contribution in [2.45, 2.75) is 52.0 Å². The Morgan fingerprint density at radius 2 is 1.91 bits per heavy atom. The number of aliphatic carboxylic acids is 1. The summed E-state index contributed by atoms with van der Waals surface area (Å²) in [6.07, 6.45) is 3.90. The molecule has 0 fully saturated rings. The standard InChI is InChI=1S/C16H24N2O4/c1-12-8-9-13(19)18(11-12)16(2,3)15(22)17-10-6-4-5-7-14(20)21/h8-9,11H,4-7,10H2,1-3H3,(H,17,22)(H,20,21). The Balaban J connectivity index is 2.55. The van der Waals surface area contributed by atoms with Gasteiger partial charge in [-0.1, -0.05) is 12.5 Å². The Morgan fingerprint density at radius 1 is 1.23 bits per heavy atom. The van der Waals surface area contributed by atoms with E-state index in [1.165, 1.54) is 10.6 Å². The summed E-state index contributed by atoms with van der Waals surface area (Å²) in [6.45, 7) is 5.75. The van der Waals surface area contributed by atoms with Crippen LogP contribution in [0.5, 0.6) is 0 Å². The number of aryl methyl sites for hydroxylation is 1. The third-order valence-corrected chi connectivity index (χ3v) is 3.57. The van der Waals surface area contributed by atoms with Crippen LogP contribution < -0.4 is 10.9 Å². The zero-order valence-electron chi connectivity index (χ0n) is 13.4. The first-order chi connectivity index (χ1) is 10.2. The van der Waals surface area contributed by atoms with Gasteiger partial charge < -0.3 is 15.0 Å². The van der Waals surface area contributed by atoms with Crippen LogP contribution in [0.3, 0.4) is 0 Å². The number of aromatic nitrogens is 1. The number of rotatable bonds is 8. The van der Waals surface area contributed by atoms with Gasteiger partial charge >= 0.3 is 5.97 Å². The van der Waals surface area contributed by atoms with E-state index in [1.807, 2.05) is 6.92 Å². The van der Waals surface area contributed by atoms with Crippen LogP contribution in [-0.4, -0.2) is 28.1 Å². The Kier molecular flexibility index (Phi) is 6.34. The van der Waals surface area contributed by atoms with E-state index in [0.29, 0.717) is 13.0 Å². The van der Waals surface area contributed by atoms with Crippen molar-refractivity contribution in [3.8, 4) is 0 Å². The summed E-state index contributed by atoms with van der Waals surface area (Å²) in [5.41, 5.74) is -0.272. The monoisotopic (exact) mass is 308 g/mol. The zero-order valence-corrected chi connectivity index (χ0v) is 13.4. The van der Waals surface area contributed by atoms with Gasteiger partial charge in [-0.05, 0) is 39.2 Å². The summed E-state index contributed by atoms with van der Waals surface area (Å²) in [7, 11) is 0. The minimum atomic E-state index is -0.968. The van der Waals surface area contributed by atoms with Gasteiger partial charge in [-0.15, -0.1) is 0 Å². The number of amides is 1. The smallest absolute Gasteiger partial charge is 0.303 e. The van der Waals surface area contributed by atoms with Crippen LogP contribution in [0, 0.1) is 6.92 Å². The van der Waals surface area contributed by atoms with E-state index in [0.717, 1.165) is 18.4 Å². The molecule has 6 nitrogen and oxygen atoms in total. The van der Waals surface area contributed by atoms with Crippen LogP contribution >= 0.6 is 0 Å². The van der Waals surface area contributed by atoms with Crippen LogP contribution in [0.25, 0.3) is 0 Å². The highest BCUT2D eigenvalue weighted by Gasteiger charge is 2.30. The summed E-state index contributed by atoms with van der Waals surface area (Å²) in [4.78, 5) is 34.6. The van der Waals surface area contributed by atoms with Crippen molar-refractivity contribution in [3.05, 3.63) is 34.2 Å². The Morgan fingerprint density at radius 3 is 2.55 bits per heavy atom. The van der Waals surface area contributed by atoms with E-state index in [9.17, 15) is 14.4 Å². The maximum atomic E-state index is 12.3. The minimum absolute atomic E-state index is 0.151. The molecule has 0 bridgehead atoms. The highest BCUT2D eigenvalue weighted by atomic mass is 16.4. The van der Waals surface area contributed by atoms with Crippen LogP contribution in [-0.2, 0) is 15.1 Å². The normalized spacial score (nSPS) is 11.2. The molecule has 22 heavy (non-hydrogen) atoms. The molecule has 0 aliphatic rings. The average molecular weight is 308 g/mol. The number of nitrogens with zero attached hydrogens (tertiary/aromatic N) is 1. The highest BCUT2D eigenvalue weighted by Crippen LogP contribution is 2.13. The molecule has 122 valence electrons. The molecule has 0 radical (unpaired) electrons. The van der Waals surface area contributed by atoms with Gasteiger partial charge in [-0.25, -0.2) is 0 Å². The molecule has 0 saturated heterocycles. The number of hydrogen-bond donors (Lipinski definition) is 2. The molecule has 1 aromatic heterocycles. The predicted molar refractivity (Wildman–Crippen MR) is 83.9 cm³/mol. The molecular formula is C16H24N2O4. The maximum absolute atomic E-state index is 12.3. The average Bonchev–Trinajstić information content (AvgIpc) is 2.44. The Labute approximate surface area is 130 Å². The fourth-order valence-corrected chi connectivity index (χ4v) is 2.14. The van der Waals surface area contributed by atoms with E-state index in [2.05, 4.69) is 5.32 Å². The molecule has 0 aliphatic carbocycles. The molecule has 0 aliphatic heterocycles. The topological polar surface area (TPSA) is 88.4 Å². The van der Waals surface area contributed by atoms with Crippen molar-refractivity contribution in [1.29, 1.82) is 0 Å². The van der Waals surface area contributed by atoms with Gasteiger partial charge in [-0.3, -0.25) is 14.4 Å². The third-order valence-electron chi connectivity index (χ3n) is 3.57. The van der Waals surface area contributed by atoms with E-state index in [4.69, 9.17) is 5.11 Å². The second-order valence-corrected chi connectivity index (χ2v) is 5.93. The summed E-state index contributed by atoms with van der Waals surface area (Å²) < 4.78 is 1.43. The van der Waals surface area contributed by atoms with Crippen molar-refractivity contribution >= 4 is 11.9 Å². The SMILES string of the molecule is Cc1ccc(=O)n(C(C)(C)C(=O)NCCCCCC(=O)O)c1. The molecule has 2 N–H and O–H groups in total. The van der Waals surface area contributed by atoms with Crippen LogP contribution in [0.1, 0.15) is 45.1 Å². The molecule has 0 atom stereocenters. The molecule has 0 unspecified atom stereocenters. The van der Waals surface area contributed by atoms with Gasteiger partial charge in [-0.2, -0.15) is 0 Å². The van der Waals surface area contributed by atoms with Gasteiger partial charge in [0.15, 0.2) is 0 Å². The van der Waals surface area contributed by atoms with Gasteiger partial charge in [0.2, 0.25) is 5.91 Å². The number of carboxylic acid groups (broad SMARTS) is 1. The molecule has 6 heteroatoms. The number of carbonyl (C=O) groups is 2. The molecule has 1 heterocycles. The predicted octanol–water partition coefficient (Wildman–Crippen LogP) is 1.65. The second kappa shape index (κ2) is 7.77. The number of unbranched alkanes of at least 4 members (excludes halogenated alkanes) is 2. The summed E-state index contributed by atoms with van der Waals surface area (Å²) in [6, 6.07) is 3.17. The van der Waals surface area contributed by atoms with Crippen LogP contribution in [0.15, 0.2) is 23.1 Å². The first-order valence-electron chi connectivity index (χ1n) is 7.45. The largest absolute Gasteiger partial charge is 0.481 e. The number of hydrogen-bond acceptors (Lipinski definition) is 3. The minimum Gasteiger partial charge on any atom is -0.481 e. The summed E-state index contributed by atoms with van der Waals surface area (Å²) >= 11 is 0. The van der Waals surface area contributed by atoms with Gasteiger partial charge in [0.05, 0.1) is 0 Å². The van der Waals surface area contributed by atoms with Crippen molar-refractivity contribution in [1.82, 2.24) is 9.88 Å². The van der Waals surface area contributed by atoms with Gasteiger partial charge in [0, 0.05) is 25.2 Å². The molecule has 0 spiro atoms. The molecule has 1 rings (SSSR count). The van der Waals surface area contributed by atoms with E-state index < -0.39 is 11.5 Å². The van der Waals surface area contributed by atoms with E-state index >= 15 is 0 Å². The third kappa shape index (κ3) is 5.02. The lowest BCUT2D eigenvalue weighted by Crippen LogP contribution is -2.48. The first-order valence-corrected chi connectivity index (χ1v) is 7.45. The lowest BCUT2D eigenvalue weighted by Gasteiger charge is -2.26. The quantitative estimate of drug-likeness (QED) is 0.715. The van der Waals surface area contributed by atoms with E-state index in [1.54, 1.807) is 26.1 Å². The molecule has 1 amide bonds. The van der Waals surface area contributed by atoms with Crippen molar-refractivity contribution in [2.75, 3.05) is 6.54 Å². The van der Waals surface area contributed by atoms with E-state index in [-0.39, 0.29) is 17.9 Å². The van der Waals surface area contributed by atoms with Crippen LogP contribution in [0.4, 0.5) is 0 Å². The highest BCUT2D eigenvalue weighted by molar-refractivity contribution is 5.83. The van der Waals surface area contributed by atoms with Gasteiger partial charge in [0.1, 0.15) is 5.54 Å². The zero-order chi connectivity index (χ0) is 16.8. The van der Waals surface area contributed by atoms with Crippen molar-refractivity contribution < 1.29 is 14.7 Å². The molecule has 0 aromatic carbocycles. The van der Waals surface area contributed by atoms with Gasteiger partial charge in [0.25, 0.3) is 5.56 Å². The first kappa shape index (κ1) is 17.9. The summed E-state index contributed by atoms with van der Waals surface area (Å²) in [5, 5.41) is 11.3. The molecule has 1 aromatic rings. The number of carbonyl (C=O) groups excluding carboxylic acids is 1. The lowest BCUT2D eigenvalue weighted by atomic mass is 10.0. The summed E-state index contributed by atoms with van der Waals surface area (Å²) in [5.74, 6) is -1.03. The number of carboxylic acids is 1.